The predicted molar refractivity (Wildman–Crippen MR) is 167 cm³/mol. The lowest BCUT2D eigenvalue weighted by Gasteiger charge is -2.26. The maximum absolute atomic E-state index is 13.3. The Kier molecular flexibility index (Phi) is 12.0. The van der Waals surface area contributed by atoms with Crippen LogP contribution in [0.25, 0.3) is 0 Å². The molecule has 0 aromatic heterocycles. The molecule has 2 heterocycles. The van der Waals surface area contributed by atoms with Gasteiger partial charge in [-0.05, 0) is 35.8 Å². The van der Waals surface area contributed by atoms with Crippen molar-refractivity contribution in [1.82, 2.24) is 10.6 Å². The van der Waals surface area contributed by atoms with Crippen molar-refractivity contribution in [3.8, 4) is 5.75 Å². The molecule has 45 heavy (non-hydrogen) atoms. The van der Waals surface area contributed by atoms with E-state index in [0.29, 0.717) is 22.8 Å². The van der Waals surface area contributed by atoms with Crippen LogP contribution in [-0.2, 0) is 39.8 Å². The topological polar surface area (TPSA) is 133 Å². The minimum Gasteiger partial charge on any atom is -0.495 e. The van der Waals surface area contributed by atoms with Crippen LogP contribution in [0.1, 0.15) is 57.3 Å². The molecule has 4 rings (SSSR count). The van der Waals surface area contributed by atoms with E-state index in [0.717, 1.165) is 5.56 Å². The van der Waals surface area contributed by atoms with Gasteiger partial charge in [-0.25, -0.2) is 4.79 Å². The van der Waals surface area contributed by atoms with Crippen molar-refractivity contribution in [3.63, 3.8) is 0 Å². The molecule has 2 aliphatic heterocycles. The Morgan fingerprint density at radius 3 is 2.49 bits per heavy atom. The van der Waals surface area contributed by atoms with Crippen LogP contribution in [0.4, 0.5) is 0 Å². The summed E-state index contributed by atoms with van der Waals surface area (Å²) in [5.41, 5.74) is 1.73. The third-order valence-corrected chi connectivity index (χ3v) is 8.30. The summed E-state index contributed by atoms with van der Waals surface area (Å²) in [6.45, 7) is 5.35. The summed E-state index contributed by atoms with van der Waals surface area (Å²) in [7, 11) is 1.50. The number of esters is 2. The van der Waals surface area contributed by atoms with Gasteiger partial charge in [-0.1, -0.05) is 81.3 Å². The fraction of sp³-hybridized carbons (Fsp3) is 0.471. The lowest BCUT2D eigenvalue weighted by atomic mass is 9.93. The SMILES string of the molecule is CCC[C@@H]1OC(=O)[C@H](C)CNC(=O)[C@@H](Cc2ccc(OC)c(Cl)c2)NC(=O)/C=C/C[C@@H]([C@@H](C)[C@H]2O[C@@H]2c2ccccc2)OC1=O. The molecule has 7 atom stereocenters. The third kappa shape index (κ3) is 9.31. The zero-order chi connectivity index (χ0) is 32.5. The minimum absolute atomic E-state index is 0.0588. The summed E-state index contributed by atoms with van der Waals surface area (Å²) in [5.74, 6) is -2.79. The van der Waals surface area contributed by atoms with E-state index in [4.69, 9.17) is 30.5 Å². The van der Waals surface area contributed by atoms with E-state index >= 15 is 0 Å². The molecule has 0 unspecified atom stereocenters. The summed E-state index contributed by atoms with van der Waals surface area (Å²) in [5, 5.41) is 5.85. The smallest absolute Gasteiger partial charge is 0.347 e. The van der Waals surface area contributed by atoms with Gasteiger partial charge in [-0.15, -0.1) is 0 Å². The number of ether oxygens (including phenoxy) is 4. The second kappa shape index (κ2) is 15.9. The van der Waals surface area contributed by atoms with Crippen LogP contribution < -0.4 is 15.4 Å². The molecular formula is C34H41ClN2O8. The van der Waals surface area contributed by atoms with E-state index in [1.165, 1.54) is 13.2 Å². The number of cyclic esters (lactones) is 2. The summed E-state index contributed by atoms with van der Waals surface area (Å²) >= 11 is 6.29. The zero-order valence-electron chi connectivity index (χ0n) is 26.0. The monoisotopic (exact) mass is 640 g/mol. The number of amides is 2. The average Bonchev–Trinajstić information content (AvgIpc) is 3.83. The van der Waals surface area contributed by atoms with Crippen LogP contribution in [0, 0.1) is 11.8 Å². The van der Waals surface area contributed by atoms with E-state index in [2.05, 4.69) is 10.6 Å². The van der Waals surface area contributed by atoms with Crippen LogP contribution in [0.15, 0.2) is 60.7 Å². The van der Waals surface area contributed by atoms with E-state index in [1.54, 1.807) is 31.2 Å². The normalized spacial score (nSPS) is 27.8. The van der Waals surface area contributed by atoms with Gasteiger partial charge >= 0.3 is 11.9 Å². The number of carbonyl (C=O) groups excluding carboxylic acids is 4. The Morgan fingerprint density at radius 1 is 1.04 bits per heavy atom. The second-order valence-corrected chi connectivity index (χ2v) is 11.9. The third-order valence-electron chi connectivity index (χ3n) is 8.01. The molecule has 0 bridgehead atoms. The van der Waals surface area contributed by atoms with Crippen molar-refractivity contribution < 1.29 is 38.1 Å². The Labute approximate surface area is 268 Å². The maximum atomic E-state index is 13.3. The van der Waals surface area contributed by atoms with Gasteiger partial charge in [0.25, 0.3) is 0 Å². The number of methoxy groups -OCH3 is 1. The van der Waals surface area contributed by atoms with Gasteiger partial charge in [0.05, 0.1) is 24.2 Å². The maximum Gasteiger partial charge on any atom is 0.347 e. The van der Waals surface area contributed by atoms with Crippen LogP contribution in [-0.4, -0.2) is 61.8 Å². The Morgan fingerprint density at radius 2 is 1.80 bits per heavy atom. The van der Waals surface area contributed by atoms with E-state index in [9.17, 15) is 19.2 Å². The molecule has 11 heteroatoms. The molecule has 2 aromatic carbocycles. The van der Waals surface area contributed by atoms with Gasteiger partial charge in [0.1, 0.15) is 24.0 Å². The number of nitrogens with one attached hydrogen (secondary N) is 2. The molecule has 0 radical (unpaired) electrons. The van der Waals surface area contributed by atoms with Crippen molar-refractivity contribution in [1.29, 1.82) is 0 Å². The lowest BCUT2D eigenvalue weighted by Crippen LogP contribution is -2.49. The van der Waals surface area contributed by atoms with Crippen molar-refractivity contribution in [2.45, 2.75) is 76.9 Å². The summed E-state index contributed by atoms with van der Waals surface area (Å²) < 4.78 is 22.8. The average molecular weight is 641 g/mol. The van der Waals surface area contributed by atoms with Gasteiger partial charge in [-0.3, -0.25) is 14.4 Å². The molecule has 1 saturated heterocycles. The van der Waals surface area contributed by atoms with Gasteiger partial charge in [0, 0.05) is 25.3 Å². The van der Waals surface area contributed by atoms with Crippen LogP contribution in [0.2, 0.25) is 5.02 Å². The Hall–Kier alpha value is -3.89. The Balaban J connectivity index is 1.56. The van der Waals surface area contributed by atoms with Crippen molar-refractivity contribution in [2.24, 2.45) is 11.8 Å². The van der Waals surface area contributed by atoms with Gasteiger partial charge < -0.3 is 29.6 Å². The highest BCUT2D eigenvalue weighted by molar-refractivity contribution is 6.32. The minimum atomic E-state index is -1.10. The van der Waals surface area contributed by atoms with Crippen molar-refractivity contribution in [2.75, 3.05) is 13.7 Å². The van der Waals surface area contributed by atoms with Crippen molar-refractivity contribution >= 4 is 35.4 Å². The Bertz CT molecular complexity index is 1380. The molecule has 242 valence electrons. The van der Waals surface area contributed by atoms with Crippen LogP contribution in [0.3, 0.4) is 0 Å². The quantitative estimate of drug-likeness (QED) is 0.319. The summed E-state index contributed by atoms with van der Waals surface area (Å²) in [6, 6.07) is 13.9. The molecule has 10 nitrogen and oxygen atoms in total. The molecular weight excluding hydrogens is 600 g/mol. The van der Waals surface area contributed by atoms with Crippen molar-refractivity contribution in [3.05, 3.63) is 76.8 Å². The largest absolute Gasteiger partial charge is 0.495 e. The number of hydrogen-bond acceptors (Lipinski definition) is 8. The number of epoxide rings is 1. The van der Waals surface area contributed by atoms with E-state index in [1.807, 2.05) is 44.2 Å². The molecule has 2 aromatic rings. The molecule has 0 aliphatic carbocycles. The summed E-state index contributed by atoms with van der Waals surface area (Å²) in [6.07, 6.45) is 2.04. The first-order valence-corrected chi connectivity index (χ1v) is 15.7. The highest BCUT2D eigenvalue weighted by Crippen LogP contribution is 2.45. The molecule has 0 saturated carbocycles. The summed E-state index contributed by atoms with van der Waals surface area (Å²) in [4.78, 5) is 52.6. The standard InChI is InChI=1S/C34H41ClN2O8/c1-5-10-28-34(41)43-26(21(3)30-31(45-30)23-11-7-6-8-12-23)13-9-14-29(38)37-25(32(39)36-19-20(2)33(40)44-28)18-22-15-16-27(42-4)24(35)17-22/h6-9,11-12,14-17,20-21,25-26,28,30-31H,5,10,13,18-19H2,1-4H3,(H,36,39)(H,37,38)/b14-9+/t20-,21-,25-,26+,28+,30-,31-/m1/s1. The highest BCUT2D eigenvalue weighted by Gasteiger charge is 2.47. The van der Waals surface area contributed by atoms with E-state index in [-0.39, 0.29) is 43.9 Å². The number of rotatable bonds is 8. The predicted octanol–water partition coefficient (Wildman–Crippen LogP) is 4.49. The zero-order valence-corrected chi connectivity index (χ0v) is 26.8. The first-order chi connectivity index (χ1) is 21.6. The van der Waals surface area contributed by atoms with Crippen LogP contribution >= 0.6 is 11.6 Å². The lowest BCUT2D eigenvalue weighted by molar-refractivity contribution is -0.175. The molecule has 1 fully saturated rings. The molecule has 2 amide bonds. The molecule has 0 spiro atoms. The second-order valence-electron chi connectivity index (χ2n) is 11.5. The van der Waals surface area contributed by atoms with E-state index < -0.39 is 47.9 Å². The first-order valence-electron chi connectivity index (χ1n) is 15.3. The highest BCUT2D eigenvalue weighted by atomic mass is 35.5. The number of hydrogen-bond donors (Lipinski definition) is 2. The number of halogens is 1. The fourth-order valence-electron chi connectivity index (χ4n) is 5.26. The fourth-order valence-corrected chi connectivity index (χ4v) is 5.54. The van der Waals surface area contributed by atoms with Gasteiger partial charge in [-0.2, -0.15) is 0 Å². The molecule has 2 N–H and O–H groups in total. The number of carbonyl (C=O) groups is 4. The van der Waals surface area contributed by atoms with Crippen LogP contribution in [0.5, 0.6) is 5.75 Å². The van der Waals surface area contributed by atoms with Gasteiger partial charge in [0.2, 0.25) is 11.8 Å². The molecule has 2 aliphatic rings. The number of benzene rings is 2. The first kappa shape index (κ1) is 34.0. The van der Waals surface area contributed by atoms with Gasteiger partial charge in [0.15, 0.2) is 6.10 Å².